The van der Waals surface area contributed by atoms with Gasteiger partial charge in [-0.05, 0) is 37.0 Å². The second-order valence-electron chi connectivity index (χ2n) is 8.54. The van der Waals surface area contributed by atoms with Gasteiger partial charge in [0.15, 0.2) is 11.5 Å². The van der Waals surface area contributed by atoms with E-state index >= 15 is 0 Å². The van der Waals surface area contributed by atoms with Crippen LogP contribution in [0.1, 0.15) is 56.9 Å². The molecule has 2 amide bonds. The van der Waals surface area contributed by atoms with E-state index in [1.807, 2.05) is 17.0 Å². The van der Waals surface area contributed by atoms with Crippen molar-refractivity contribution >= 4 is 11.8 Å². The van der Waals surface area contributed by atoms with E-state index in [2.05, 4.69) is 12.2 Å². The first-order valence-corrected chi connectivity index (χ1v) is 11.4. The van der Waals surface area contributed by atoms with E-state index in [0.29, 0.717) is 36.9 Å². The average Bonchev–Trinajstić information content (AvgIpc) is 3.48. The van der Waals surface area contributed by atoms with Crippen molar-refractivity contribution in [2.24, 2.45) is 11.8 Å². The second-order valence-corrected chi connectivity index (χ2v) is 8.54. The summed E-state index contributed by atoms with van der Waals surface area (Å²) in [5.41, 5.74) is 0.923. The number of nitrogens with zero attached hydrogens (tertiary/aromatic N) is 1. The summed E-state index contributed by atoms with van der Waals surface area (Å²) in [5, 5.41) is 3.07. The second kappa shape index (κ2) is 10.7. The molecule has 0 radical (unpaired) electrons. The van der Waals surface area contributed by atoms with Gasteiger partial charge < -0.3 is 24.4 Å². The molecular weight excluding hydrogens is 396 g/mol. The van der Waals surface area contributed by atoms with Crippen molar-refractivity contribution in [1.29, 1.82) is 0 Å². The maximum atomic E-state index is 13.1. The van der Waals surface area contributed by atoms with Crippen LogP contribution in [0.3, 0.4) is 0 Å². The van der Waals surface area contributed by atoms with Crippen LogP contribution in [0.2, 0.25) is 0 Å². The van der Waals surface area contributed by atoms with Gasteiger partial charge >= 0.3 is 0 Å². The Bertz CT molecular complexity index is 750. The van der Waals surface area contributed by atoms with Crippen molar-refractivity contribution in [3.8, 4) is 17.2 Å². The molecule has 1 aliphatic heterocycles. The standard InChI is InChI=1S/C24H36N2O5/c1-5-6-11-25-23(27)19-15-26(24(28)16-9-7-8-10-16)14-18(19)17-12-20(29-2)22(31-4)21(13-17)30-3/h12-13,16,18-19H,5-11,14-15H2,1-4H3,(H,25,27)/t18-,19+/m0/s1. The highest BCUT2D eigenvalue weighted by molar-refractivity contribution is 5.84. The van der Waals surface area contributed by atoms with Gasteiger partial charge in [-0.15, -0.1) is 0 Å². The Kier molecular flexibility index (Phi) is 8.04. The number of likely N-dealkylation sites (tertiary alicyclic amines) is 1. The van der Waals surface area contributed by atoms with Gasteiger partial charge in [0.2, 0.25) is 17.6 Å². The highest BCUT2D eigenvalue weighted by atomic mass is 16.5. The number of unbranched alkanes of at least 4 members (excludes halogenated alkanes) is 1. The van der Waals surface area contributed by atoms with Crippen molar-refractivity contribution in [2.45, 2.75) is 51.4 Å². The lowest BCUT2D eigenvalue weighted by molar-refractivity contribution is -0.134. The number of rotatable bonds is 9. The van der Waals surface area contributed by atoms with Crippen LogP contribution in [0, 0.1) is 11.8 Å². The summed E-state index contributed by atoms with van der Waals surface area (Å²) in [4.78, 5) is 28.1. The minimum absolute atomic E-state index is 0.00826. The normalized spacial score (nSPS) is 21.2. The lowest BCUT2D eigenvalue weighted by atomic mass is 9.88. The van der Waals surface area contributed by atoms with Gasteiger partial charge in [-0.2, -0.15) is 0 Å². The number of carbonyl (C=O) groups excluding carboxylic acids is 2. The summed E-state index contributed by atoms with van der Waals surface area (Å²) in [5.74, 6) is 1.51. The van der Waals surface area contributed by atoms with Crippen LogP contribution in [0.4, 0.5) is 0 Å². The Morgan fingerprint density at radius 3 is 2.23 bits per heavy atom. The van der Waals surface area contributed by atoms with Gasteiger partial charge in [0, 0.05) is 31.5 Å². The molecule has 7 heteroatoms. The van der Waals surface area contributed by atoms with E-state index < -0.39 is 0 Å². The summed E-state index contributed by atoms with van der Waals surface area (Å²) in [6.07, 6.45) is 6.10. The van der Waals surface area contributed by atoms with Crippen LogP contribution in [0.25, 0.3) is 0 Å². The van der Waals surface area contributed by atoms with Gasteiger partial charge in [-0.3, -0.25) is 9.59 Å². The average molecular weight is 433 g/mol. The predicted molar refractivity (Wildman–Crippen MR) is 119 cm³/mol. The van der Waals surface area contributed by atoms with Crippen LogP contribution in [0.5, 0.6) is 17.2 Å². The molecule has 0 bridgehead atoms. The fourth-order valence-corrected chi connectivity index (χ4v) is 4.85. The minimum Gasteiger partial charge on any atom is -0.493 e. The summed E-state index contributed by atoms with van der Waals surface area (Å²) in [6.45, 7) is 3.74. The van der Waals surface area contributed by atoms with Gasteiger partial charge in [0.05, 0.1) is 27.2 Å². The SMILES string of the molecule is CCCCNC(=O)[C@@H]1CN(C(=O)C2CCCC2)C[C@H]1c1cc(OC)c(OC)c(OC)c1. The topological polar surface area (TPSA) is 77.1 Å². The maximum absolute atomic E-state index is 13.1. The third-order valence-electron chi connectivity index (χ3n) is 6.62. The number of methoxy groups -OCH3 is 3. The van der Waals surface area contributed by atoms with E-state index in [1.54, 1.807) is 21.3 Å². The van der Waals surface area contributed by atoms with Crippen LogP contribution >= 0.6 is 0 Å². The van der Waals surface area contributed by atoms with E-state index in [4.69, 9.17) is 14.2 Å². The van der Waals surface area contributed by atoms with Crippen LogP contribution in [-0.4, -0.2) is 57.7 Å². The predicted octanol–water partition coefficient (Wildman–Crippen LogP) is 3.36. The third-order valence-corrected chi connectivity index (χ3v) is 6.62. The molecule has 1 aromatic carbocycles. The summed E-state index contributed by atoms with van der Waals surface area (Å²) >= 11 is 0. The third kappa shape index (κ3) is 5.08. The van der Waals surface area contributed by atoms with Gasteiger partial charge in [-0.1, -0.05) is 26.2 Å². The number of ether oxygens (including phenoxy) is 3. The zero-order valence-corrected chi connectivity index (χ0v) is 19.2. The van der Waals surface area contributed by atoms with E-state index in [1.165, 1.54) is 0 Å². The molecule has 0 unspecified atom stereocenters. The molecule has 1 N–H and O–H groups in total. The molecule has 2 fully saturated rings. The first kappa shape index (κ1) is 23.2. The smallest absolute Gasteiger partial charge is 0.225 e. The highest BCUT2D eigenvalue weighted by Crippen LogP contribution is 2.43. The van der Waals surface area contributed by atoms with Gasteiger partial charge in [0.25, 0.3) is 0 Å². The molecule has 1 heterocycles. The zero-order valence-electron chi connectivity index (χ0n) is 19.2. The molecule has 1 aliphatic carbocycles. The Labute approximate surface area is 185 Å². The molecule has 1 saturated heterocycles. The molecule has 3 rings (SSSR count). The zero-order chi connectivity index (χ0) is 22.4. The van der Waals surface area contributed by atoms with Crippen molar-refractivity contribution < 1.29 is 23.8 Å². The molecule has 31 heavy (non-hydrogen) atoms. The molecule has 2 aliphatic rings. The Hall–Kier alpha value is -2.44. The minimum atomic E-state index is -0.301. The molecule has 0 aromatic heterocycles. The number of benzene rings is 1. The Balaban J connectivity index is 1.90. The molecule has 1 saturated carbocycles. The largest absolute Gasteiger partial charge is 0.493 e. The van der Waals surface area contributed by atoms with E-state index in [0.717, 1.165) is 44.1 Å². The van der Waals surface area contributed by atoms with E-state index in [-0.39, 0.29) is 29.6 Å². The number of carbonyl (C=O) groups is 2. The van der Waals surface area contributed by atoms with Crippen molar-refractivity contribution in [3.05, 3.63) is 17.7 Å². The lowest BCUT2D eigenvalue weighted by Crippen LogP contribution is -2.37. The fraction of sp³-hybridized carbons (Fsp3) is 0.667. The van der Waals surface area contributed by atoms with E-state index in [9.17, 15) is 9.59 Å². The quantitative estimate of drug-likeness (QED) is 0.606. The molecule has 1 aromatic rings. The summed E-state index contributed by atoms with van der Waals surface area (Å²) in [6, 6.07) is 3.81. The first-order chi connectivity index (χ1) is 15.0. The highest BCUT2D eigenvalue weighted by Gasteiger charge is 2.42. The number of hydrogen-bond donors (Lipinski definition) is 1. The molecular formula is C24H36N2O5. The van der Waals surface area contributed by atoms with Crippen molar-refractivity contribution in [1.82, 2.24) is 10.2 Å². The van der Waals surface area contributed by atoms with Crippen LogP contribution in [-0.2, 0) is 9.59 Å². The lowest BCUT2D eigenvalue weighted by Gasteiger charge is -2.21. The Morgan fingerprint density at radius 2 is 1.68 bits per heavy atom. The fourth-order valence-electron chi connectivity index (χ4n) is 4.85. The molecule has 2 atom stereocenters. The summed E-state index contributed by atoms with van der Waals surface area (Å²) < 4.78 is 16.5. The monoisotopic (exact) mass is 432 g/mol. The number of hydrogen-bond acceptors (Lipinski definition) is 5. The molecule has 7 nitrogen and oxygen atoms in total. The summed E-state index contributed by atoms with van der Waals surface area (Å²) in [7, 11) is 4.74. The van der Waals surface area contributed by atoms with Crippen LogP contribution in [0.15, 0.2) is 12.1 Å². The van der Waals surface area contributed by atoms with Crippen molar-refractivity contribution in [3.63, 3.8) is 0 Å². The molecule has 0 spiro atoms. The van der Waals surface area contributed by atoms with Crippen LogP contribution < -0.4 is 19.5 Å². The number of amides is 2. The van der Waals surface area contributed by atoms with Gasteiger partial charge in [0.1, 0.15) is 0 Å². The maximum Gasteiger partial charge on any atom is 0.225 e. The molecule has 172 valence electrons. The Morgan fingerprint density at radius 1 is 1.03 bits per heavy atom. The van der Waals surface area contributed by atoms with Gasteiger partial charge in [-0.25, -0.2) is 0 Å². The number of nitrogens with one attached hydrogen (secondary N) is 1. The first-order valence-electron chi connectivity index (χ1n) is 11.4. The van der Waals surface area contributed by atoms with Crippen molar-refractivity contribution in [2.75, 3.05) is 41.0 Å².